The highest BCUT2D eigenvalue weighted by Gasteiger charge is 2.21. The van der Waals surface area contributed by atoms with Gasteiger partial charge < -0.3 is 10.8 Å². The average molecular weight is 163 g/mol. The van der Waals surface area contributed by atoms with Crippen molar-refractivity contribution < 1.29 is 9.90 Å². The molecular formula is C6H13NO2S. The molecule has 0 saturated heterocycles. The topological polar surface area (TPSA) is 63.3 Å². The molecule has 0 radical (unpaired) electrons. The van der Waals surface area contributed by atoms with Crippen LogP contribution in [0, 0.1) is 5.92 Å². The van der Waals surface area contributed by atoms with Crippen LogP contribution in [0.2, 0.25) is 0 Å². The minimum atomic E-state index is -0.857. The van der Waals surface area contributed by atoms with Crippen LogP contribution in [-0.2, 0) is 4.79 Å². The zero-order valence-corrected chi connectivity index (χ0v) is 6.84. The summed E-state index contributed by atoms with van der Waals surface area (Å²) in [5.74, 6) is -1.05. The highest BCUT2D eigenvalue weighted by atomic mass is 32.1. The Labute approximate surface area is 66.0 Å². The summed E-state index contributed by atoms with van der Waals surface area (Å²) in [6.45, 7) is 1.87. The fourth-order valence-electron chi connectivity index (χ4n) is 0.681. The highest BCUT2D eigenvalue weighted by Crippen LogP contribution is 2.06. The van der Waals surface area contributed by atoms with Crippen LogP contribution in [0.1, 0.15) is 13.3 Å². The first kappa shape index (κ1) is 9.78. The summed E-state index contributed by atoms with van der Waals surface area (Å²) in [5.41, 5.74) is 5.50. The first-order valence-corrected chi connectivity index (χ1v) is 3.86. The molecule has 0 amide bonds. The van der Waals surface area contributed by atoms with Crippen LogP contribution in [0.4, 0.5) is 0 Å². The Bertz CT molecular complexity index is 118. The summed E-state index contributed by atoms with van der Waals surface area (Å²) < 4.78 is 0. The van der Waals surface area contributed by atoms with Gasteiger partial charge in [-0.25, -0.2) is 0 Å². The standard InChI is InChI=1S/C6H13NO2S/c1-2-5(7)4(3-10)6(8)9/h4-5,10H,2-3,7H2,1H3,(H,8,9). The van der Waals surface area contributed by atoms with E-state index in [0.29, 0.717) is 12.2 Å². The molecule has 10 heavy (non-hydrogen) atoms. The SMILES string of the molecule is CCC(N)C(CS)C(=O)O. The number of hydrogen-bond acceptors (Lipinski definition) is 3. The average Bonchev–Trinajstić information content (AvgIpc) is 1.88. The van der Waals surface area contributed by atoms with E-state index in [1.807, 2.05) is 6.92 Å². The van der Waals surface area contributed by atoms with Gasteiger partial charge in [-0.05, 0) is 6.42 Å². The predicted octanol–water partition coefficient (Wildman–Crippen LogP) is 0.354. The molecule has 60 valence electrons. The number of carboxylic acid groups (broad SMARTS) is 1. The molecule has 2 atom stereocenters. The third-order valence-corrected chi connectivity index (χ3v) is 1.90. The molecule has 0 bridgehead atoms. The van der Waals surface area contributed by atoms with Gasteiger partial charge in [0.1, 0.15) is 0 Å². The van der Waals surface area contributed by atoms with Crippen molar-refractivity contribution >= 4 is 18.6 Å². The maximum Gasteiger partial charge on any atom is 0.308 e. The Morgan fingerprint density at radius 3 is 2.40 bits per heavy atom. The molecule has 0 aromatic carbocycles. The molecular weight excluding hydrogens is 150 g/mol. The molecule has 0 spiro atoms. The molecule has 0 saturated carbocycles. The third-order valence-electron chi connectivity index (χ3n) is 1.50. The third kappa shape index (κ3) is 2.58. The summed E-state index contributed by atoms with van der Waals surface area (Å²) in [4.78, 5) is 10.4. The molecule has 2 unspecified atom stereocenters. The lowest BCUT2D eigenvalue weighted by Gasteiger charge is -2.15. The maximum absolute atomic E-state index is 10.4. The van der Waals surface area contributed by atoms with E-state index in [1.54, 1.807) is 0 Å². The Kier molecular flexibility index (Phi) is 4.47. The van der Waals surface area contributed by atoms with Crippen molar-refractivity contribution in [1.29, 1.82) is 0 Å². The lowest BCUT2D eigenvalue weighted by Crippen LogP contribution is -2.36. The van der Waals surface area contributed by atoms with Gasteiger partial charge >= 0.3 is 5.97 Å². The van der Waals surface area contributed by atoms with Crippen LogP contribution < -0.4 is 5.73 Å². The van der Waals surface area contributed by atoms with E-state index < -0.39 is 11.9 Å². The number of carboxylic acids is 1. The molecule has 0 aliphatic heterocycles. The van der Waals surface area contributed by atoms with E-state index in [9.17, 15) is 4.79 Å². The molecule has 0 heterocycles. The first-order valence-electron chi connectivity index (χ1n) is 3.22. The molecule has 3 N–H and O–H groups in total. The number of carbonyl (C=O) groups is 1. The van der Waals surface area contributed by atoms with E-state index in [4.69, 9.17) is 10.8 Å². The maximum atomic E-state index is 10.4. The number of nitrogens with two attached hydrogens (primary N) is 1. The molecule has 0 rings (SSSR count). The van der Waals surface area contributed by atoms with Gasteiger partial charge in [-0.15, -0.1) is 0 Å². The Balaban J connectivity index is 3.92. The van der Waals surface area contributed by atoms with Crippen molar-refractivity contribution in [2.75, 3.05) is 5.75 Å². The van der Waals surface area contributed by atoms with Gasteiger partial charge in [0.15, 0.2) is 0 Å². The molecule has 3 nitrogen and oxygen atoms in total. The number of thiol groups is 1. The zero-order chi connectivity index (χ0) is 8.15. The monoisotopic (exact) mass is 163 g/mol. The second kappa shape index (κ2) is 4.57. The zero-order valence-electron chi connectivity index (χ0n) is 5.95. The second-order valence-corrected chi connectivity index (χ2v) is 2.56. The number of aliphatic carboxylic acids is 1. The lowest BCUT2D eigenvalue weighted by molar-refractivity contribution is -0.141. The van der Waals surface area contributed by atoms with Crippen molar-refractivity contribution in [3.05, 3.63) is 0 Å². The molecule has 4 heteroatoms. The smallest absolute Gasteiger partial charge is 0.308 e. The van der Waals surface area contributed by atoms with Crippen molar-refractivity contribution in [3.8, 4) is 0 Å². The summed E-state index contributed by atoms with van der Waals surface area (Å²) >= 11 is 3.89. The Hall–Kier alpha value is -0.220. The van der Waals surface area contributed by atoms with E-state index in [1.165, 1.54) is 0 Å². The largest absolute Gasteiger partial charge is 0.481 e. The second-order valence-electron chi connectivity index (χ2n) is 2.20. The van der Waals surface area contributed by atoms with Crippen LogP contribution >= 0.6 is 12.6 Å². The quantitative estimate of drug-likeness (QED) is 0.524. The predicted molar refractivity (Wildman–Crippen MR) is 43.2 cm³/mol. The fraction of sp³-hybridized carbons (Fsp3) is 0.833. The van der Waals surface area contributed by atoms with Crippen molar-refractivity contribution in [2.45, 2.75) is 19.4 Å². The van der Waals surface area contributed by atoms with Gasteiger partial charge in [-0.1, -0.05) is 6.92 Å². The Morgan fingerprint density at radius 1 is 1.80 bits per heavy atom. The highest BCUT2D eigenvalue weighted by molar-refractivity contribution is 7.80. The van der Waals surface area contributed by atoms with Crippen molar-refractivity contribution in [1.82, 2.24) is 0 Å². The van der Waals surface area contributed by atoms with Gasteiger partial charge in [0.05, 0.1) is 5.92 Å². The molecule has 0 fully saturated rings. The van der Waals surface area contributed by atoms with Gasteiger partial charge in [0, 0.05) is 11.8 Å². The Morgan fingerprint density at radius 2 is 2.30 bits per heavy atom. The van der Waals surface area contributed by atoms with E-state index >= 15 is 0 Å². The lowest BCUT2D eigenvalue weighted by atomic mass is 10.0. The van der Waals surface area contributed by atoms with Gasteiger partial charge in [-0.2, -0.15) is 12.6 Å². The summed E-state index contributed by atoms with van der Waals surface area (Å²) in [7, 11) is 0. The minimum Gasteiger partial charge on any atom is -0.481 e. The van der Waals surface area contributed by atoms with Crippen LogP contribution in [0.25, 0.3) is 0 Å². The van der Waals surface area contributed by atoms with E-state index in [2.05, 4.69) is 12.6 Å². The molecule has 0 aliphatic rings. The van der Waals surface area contributed by atoms with Gasteiger partial charge in [0.25, 0.3) is 0 Å². The van der Waals surface area contributed by atoms with Crippen LogP contribution in [0.15, 0.2) is 0 Å². The van der Waals surface area contributed by atoms with Gasteiger partial charge in [0.2, 0.25) is 0 Å². The van der Waals surface area contributed by atoms with E-state index in [-0.39, 0.29) is 6.04 Å². The summed E-state index contributed by atoms with van der Waals surface area (Å²) in [6, 6.07) is -0.269. The number of rotatable bonds is 4. The molecule has 0 aliphatic carbocycles. The minimum absolute atomic E-state index is 0.269. The van der Waals surface area contributed by atoms with E-state index in [0.717, 1.165) is 0 Å². The van der Waals surface area contributed by atoms with Crippen molar-refractivity contribution in [2.24, 2.45) is 11.7 Å². The van der Waals surface area contributed by atoms with Crippen LogP contribution in [0.5, 0.6) is 0 Å². The van der Waals surface area contributed by atoms with Crippen LogP contribution in [0.3, 0.4) is 0 Å². The summed E-state index contributed by atoms with van der Waals surface area (Å²) in [5, 5.41) is 8.55. The molecule has 0 aromatic rings. The number of hydrogen-bond donors (Lipinski definition) is 3. The first-order chi connectivity index (χ1) is 4.63. The van der Waals surface area contributed by atoms with Crippen LogP contribution in [-0.4, -0.2) is 22.9 Å². The van der Waals surface area contributed by atoms with Crippen molar-refractivity contribution in [3.63, 3.8) is 0 Å². The molecule has 0 aromatic heterocycles. The van der Waals surface area contributed by atoms with Gasteiger partial charge in [-0.3, -0.25) is 4.79 Å². The normalized spacial score (nSPS) is 16.3. The summed E-state index contributed by atoms with van der Waals surface area (Å²) in [6.07, 6.45) is 0.678. The fourth-order valence-corrected chi connectivity index (χ4v) is 1.11.